The molecule has 0 radical (unpaired) electrons. The molecule has 0 aromatic heterocycles. The first-order valence-corrected chi connectivity index (χ1v) is 5.96. The maximum atomic E-state index is 10.2. The zero-order valence-electron chi connectivity index (χ0n) is 10.4. The molecule has 0 saturated carbocycles. The molecule has 0 aliphatic rings. The normalized spacial score (nSPS) is 12.4. The molecular formula is C16H18O. The number of aliphatic hydroxyl groups excluding tert-OH is 1. The van der Waals surface area contributed by atoms with Gasteiger partial charge >= 0.3 is 0 Å². The summed E-state index contributed by atoms with van der Waals surface area (Å²) in [4.78, 5) is 0. The molecular weight excluding hydrogens is 208 g/mol. The van der Waals surface area contributed by atoms with E-state index in [0.717, 1.165) is 11.1 Å². The predicted molar refractivity (Wildman–Crippen MR) is 71.0 cm³/mol. The number of aryl methyl sites for hydroxylation is 2. The molecule has 0 aliphatic carbocycles. The van der Waals surface area contributed by atoms with Crippen molar-refractivity contribution in [3.8, 4) is 0 Å². The van der Waals surface area contributed by atoms with E-state index in [1.807, 2.05) is 31.2 Å². The van der Waals surface area contributed by atoms with Crippen LogP contribution in [0.2, 0.25) is 0 Å². The molecule has 2 aromatic rings. The van der Waals surface area contributed by atoms with Crippen molar-refractivity contribution in [2.24, 2.45) is 0 Å². The molecule has 0 saturated heterocycles. The molecule has 88 valence electrons. The summed E-state index contributed by atoms with van der Waals surface area (Å²) < 4.78 is 0. The molecule has 2 aromatic carbocycles. The maximum absolute atomic E-state index is 10.2. The third-order valence-corrected chi connectivity index (χ3v) is 3.10. The lowest BCUT2D eigenvalue weighted by Crippen LogP contribution is -2.03. The lowest BCUT2D eigenvalue weighted by molar-refractivity contribution is 0.177. The van der Waals surface area contributed by atoms with E-state index < -0.39 is 6.10 Å². The summed E-state index contributed by atoms with van der Waals surface area (Å²) in [5, 5.41) is 10.2. The van der Waals surface area contributed by atoms with Crippen molar-refractivity contribution >= 4 is 0 Å². The first-order valence-electron chi connectivity index (χ1n) is 5.96. The minimum absolute atomic E-state index is 0.418. The molecule has 0 heterocycles. The lowest BCUT2D eigenvalue weighted by atomic mass is 9.97. The van der Waals surface area contributed by atoms with Crippen LogP contribution in [0.1, 0.15) is 28.4 Å². The van der Waals surface area contributed by atoms with Gasteiger partial charge in [0.25, 0.3) is 0 Å². The van der Waals surface area contributed by atoms with Crippen molar-refractivity contribution in [2.45, 2.75) is 26.4 Å². The molecule has 0 amide bonds. The van der Waals surface area contributed by atoms with Crippen LogP contribution in [0.5, 0.6) is 0 Å². The van der Waals surface area contributed by atoms with Gasteiger partial charge in [-0.2, -0.15) is 0 Å². The second kappa shape index (κ2) is 5.15. The van der Waals surface area contributed by atoms with Crippen molar-refractivity contribution in [3.05, 3.63) is 70.8 Å². The highest BCUT2D eigenvalue weighted by molar-refractivity contribution is 5.30. The topological polar surface area (TPSA) is 20.2 Å². The largest absolute Gasteiger partial charge is 0.388 e. The minimum atomic E-state index is -0.418. The molecule has 1 unspecified atom stereocenters. The minimum Gasteiger partial charge on any atom is -0.388 e. The van der Waals surface area contributed by atoms with Crippen molar-refractivity contribution in [1.82, 2.24) is 0 Å². The Hall–Kier alpha value is -1.60. The van der Waals surface area contributed by atoms with E-state index in [1.54, 1.807) is 0 Å². The monoisotopic (exact) mass is 226 g/mol. The van der Waals surface area contributed by atoms with Gasteiger partial charge in [0, 0.05) is 6.42 Å². The van der Waals surface area contributed by atoms with Crippen molar-refractivity contribution < 1.29 is 5.11 Å². The molecule has 0 spiro atoms. The molecule has 17 heavy (non-hydrogen) atoms. The van der Waals surface area contributed by atoms with Gasteiger partial charge in [0.15, 0.2) is 0 Å². The highest BCUT2D eigenvalue weighted by atomic mass is 16.3. The lowest BCUT2D eigenvalue weighted by Gasteiger charge is -2.13. The molecule has 2 rings (SSSR count). The van der Waals surface area contributed by atoms with Gasteiger partial charge < -0.3 is 5.11 Å². The Morgan fingerprint density at radius 1 is 0.941 bits per heavy atom. The van der Waals surface area contributed by atoms with E-state index in [9.17, 15) is 5.11 Å². The third-order valence-electron chi connectivity index (χ3n) is 3.10. The van der Waals surface area contributed by atoms with Gasteiger partial charge in [0.05, 0.1) is 6.10 Å². The second-order valence-electron chi connectivity index (χ2n) is 4.56. The number of hydrogen-bond donors (Lipinski definition) is 1. The van der Waals surface area contributed by atoms with Crippen LogP contribution in [0.3, 0.4) is 0 Å². The summed E-state index contributed by atoms with van der Waals surface area (Å²) in [6.07, 6.45) is 0.254. The Morgan fingerprint density at radius 2 is 1.59 bits per heavy atom. The first-order chi connectivity index (χ1) is 8.16. The fraction of sp³-hybridized carbons (Fsp3) is 0.250. The summed E-state index contributed by atoms with van der Waals surface area (Å²) in [7, 11) is 0. The van der Waals surface area contributed by atoms with Crippen LogP contribution in [-0.2, 0) is 6.42 Å². The average Bonchev–Trinajstić information content (AvgIpc) is 2.32. The van der Waals surface area contributed by atoms with E-state index in [-0.39, 0.29) is 0 Å². The molecule has 1 nitrogen and oxygen atoms in total. The van der Waals surface area contributed by atoms with Crippen molar-refractivity contribution in [2.75, 3.05) is 0 Å². The van der Waals surface area contributed by atoms with Crippen molar-refractivity contribution in [1.29, 1.82) is 0 Å². The summed E-state index contributed by atoms with van der Waals surface area (Å²) in [5.74, 6) is 0. The van der Waals surface area contributed by atoms with Gasteiger partial charge in [-0.25, -0.2) is 0 Å². The van der Waals surface area contributed by atoms with Gasteiger partial charge in [-0.1, -0.05) is 54.1 Å². The smallest absolute Gasteiger partial charge is 0.0832 e. The molecule has 0 fully saturated rings. The zero-order chi connectivity index (χ0) is 12.3. The van der Waals surface area contributed by atoms with E-state index in [4.69, 9.17) is 0 Å². The fourth-order valence-electron chi connectivity index (χ4n) is 2.02. The molecule has 1 heteroatoms. The fourth-order valence-corrected chi connectivity index (χ4v) is 2.02. The van der Waals surface area contributed by atoms with E-state index >= 15 is 0 Å². The Bertz CT molecular complexity index is 485. The Balaban J connectivity index is 2.14. The summed E-state index contributed by atoms with van der Waals surface area (Å²) in [6.45, 7) is 4.11. The van der Waals surface area contributed by atoms with Gasteiger partial charge in [-0.05, 0) is 30.5 Å². The molecule has 1 N–H and O–H groups in total. The van der Waals surface area contributed by atoms with Crippen molar-refractivity contribution in [3.63, 3.8) is 0 Å². The molecule has 0 bridgehead atoms. The SMILES string of the molecule is Cc1ccc(CC(O)c2ccccc2C)cc1. The zero-order valence-corrected chi connectivity index (χ0v) is 10.4. The first kappa shape index (κ1) is 11.9. The third kappa shape index (κ3) is 2.95. The average molecular weight is 226 g/mol. The Labute approximate surface area is 103 Å². The highest BCUT2D eigenvalue weighted by Crippen LogP contribution is 2.21. The van der Waals surface area contributed by atoms with Crippen LogP contribution >= 0.6 is 0 Å². The summed E-state index contributed by atoms with van der Waals surface area (Å²) >= 11 is 0. The number of hydrogen-bond acceptors (Lipinski definition) is 1. The Kier molecular flexibility index (Phi) is 3.60. The molecule has 0 aliphatic heterocycles. The van der Waals surface area contributed by atoms with Crippen LogP contribution in [0, 0.1) is 13.8 Å². The second-order valence-corrected chi connectivity index (χ2v) is 4.56. The predicted octanol–water partition coefficient (Wildman–Crippen LogP) is 3.58. The van der Waals surface area contributed by atoms with Crippen LogP contribution in [0.15, 0.2) is 48.5 Å². The van der Waals surface area contributed by atoms with E-state index in [0.29, 0.717) is 6.42 Å². The highest BCUT2D eigenvalue weighted by Gasteiger charge is 2.10. The number of aliphatic hydroxyl groups is 1. The van der Waals surface area contributed by atoms with Crippen LogP contribution in [-0.4, -0.2) is 5.11 Å². The van der Waals surface area contributed by atoms with Gasteiger partial charge in [-0.3, -0.25) is 0 Å². The van der Waals surface area contributed by atoms with E-state index in [2.05, 4.69) is 31.2 Å². The van der Waals surface area contributed by atoms with E-state index in [1.165, 1.54) is 11.1 Å². The van der Waals surface area contributed by atoms with Crippen LogP contribution < -0.4 is 0 Å². The molecule has 1 atom stereocenters. The standard InChI is InChI=1S/C16H18O/c1-12-7-9-14(10-8-12)11-16(17)15-6-4-3-5-13(15)2/h3-10,16-17H,11H2,1-2H3. The van der Waals surface area contributed by atoms with Gasteiger partial charge in [0.1, 0.15) is 0 Å². The summed E-state index contributed by atoms with van der Waals surface area (Å²) in [5.41, 5.74) is 4.59. The number of rotatable bonds is 3. The van der Waals surface area contributed by atoms with Crippen LogP contribution in [0.25, 0.3) is 0 Å². The number of benzene rings is 2. The Morgan fingerprint density at radius 3 is 2.24 bits per heavy atom. The van der Waals surface area contributed by atoms with Gasteiger partial charge in [0.2, 0.25) is 0 Å². The maximum Gasteiger partial charge on any atom is 0.0832 e. The quantitative estimate of drug-likeness (QED) is 0.848. The van der Waals surface area contributed by atoms with Crippen LogP contribution in [0.4, 0.5) is 0 Å². The summed E-state index contributed by atoms with van der Waals surface area (Å²) in [6, 6.07) is 16.3. The van der Waals surface area contributed by atoms with Gasteiger partial charge in [-0.15, -0.1) is 0 Å².